The molecule has 1 aromatic carbocycles. The minimum absolute atomic E-state index is 0.131. The molecule has 0 amide bonds. The van der Waals surface area contributed by atoms with Gasteiger partial charge in [0.05, 0.1) is 11.7 Å². The van der Waals surface area contributed by atoms with Crippen LogP contribution in [-0.2, 0) is 0 Å². The third-order valence-corrected chi connectivity index (χ3v) is 4.07. The zero-order valence-electron chi connectivity index (χ0n) is 12.3. The SMILES string of the molecule is CCCNC(c1ccc(C)cc1C)c1ncccc1Br. The van der Waals surface area contributed by atoms with Crippen molar-refractivity contribution in [2.24, 2.45) is 0 Å². The van der Waals surface area contributed by atoms with Crippen molar-refractivity contribution in [1.82, 2.24) is 10.3 Å². The minimum atomic E-state index is 0.131. The number of hydrogen-bond donors (Lipinski definition) is 1. The Balaban J connectivity index is 2.44. The second kappa shape index (κ2) is 7.00. The average molecular weight is 333 g/mol. The Kier molecular flexibility index (Phi) is 5.32. The van der Waals surface area contributed by atoms with Crippen molar-refractivity contribution in [3.63, 3.8) is 0 Å². The first-order chi connectivity index (χ1) is 9.63. The van der Waals surface area contributed by atoms with Crippen LogP contribution in [0.15, 0.2) is 41.0 Å². The third-order valence-electron chi connectivity index (χ3n) is 3.40. The first kappa shape index (κ1) is 15.2. The lowest BCUT2D eigenvalue weighted by atomic mass is 9.96. The molecule has 0 aliphatic heterocycles. The highest BCUT2D eigenvalue weighted by Gasteiger charge is 2.19. The highest BCUT2D eigenvalue weighted by atomic mass is 79.9. The Morgan fingerprint density at radius 3 is 2.70 bits per heavy atom. The molecule has 0 spiro atoms. The number of pyridine rings is 1. The van der Waals surface area contributed by atoms with Gasteiger partial charge in [-0.05, 0) is 66.0 Å². The zero-order chi connectivity index (χ0) is 14.5. The largest absolute Gasteiger partial charge is 0.305 e. The van der Waals surface area contributed by atoms with Crippen LogP contribution in [0.5, 0.6) is 0 Å². The Hall–Kier alpha value is -1.19. The lowest BCUT2D eigenvalue weighted by molar-refractivity contribution is 0.582. The molecule has 1 unspecified atom stereocenters. The minimum Gasteiger partial charge on any atom is -0.305 e. The molecule has 2 rings (SSSR count). The van der Waals surface area contributed by atoms with Crippen LogP contribution in [0.2, 0.25) is 0 Å². The molecule has 0 aliphatic carbocycles. The molecular weight excluding hydrogens is 312 g/mol. The first-order valence-electron chi connectivity index (χ1n) is 7.04. The number of aryl methyl sites for hydroxylation is 2. The summed E-state index contributed by atoms with van der Waals surface area (Å²) in [7, 11) is 0. The fourth-order valence-electron chi connectivity index (χ4n) is 2.40. The summed E-state index contributed by atoms with van der Waals surface area (Å²) in [5.74, 6) is 0. The summed E-state index contributed by atoms with van der Waals surface area (Å²) < 4.78 is 1.05. The quantitative estimate of drug-likeness (QED) is 0.868. The molecule has 3 heteroatoms. The fraction of sp³-hybridized carbons (Fsp3) is 0.353. The summed E-state index contributed by atoms with van der Waals surface area (Å²) >= 11 is 3.62. The number of benzene rings is 1. The molecule has 106 valence electrons. The molecule has 20 heavy (non-hydrogen) atoms. The van der Waals surface area contributed by atoms with Gasteiger partial charge in [0.2, 0.25) is 0 Å². The average Bonchev–Trinajstić information content (AvgIpc) is 2.42. The van der Waals surface area contributed by atoms with Crippen molar-refractivity contribution in [2.45, 2.75) is 33.2 Å². The van der Waals surface area contributed by atoms with E-state index in [1.54, 1.807) is 0 Å². The number of halogens is 1. The molecule has 2 aromatic rings. The van der Waals surface area contributed by atoms with Gasteiger partial charge in [0.25, 0.3) is 0 Å². The van der Waals surface area contributed by atoms with Gasteiger partial charge in [-0.15, -0.1) is 0 Å². The van der Waals surface area contributed by atoms with Crippen molar-refractivity contribution in [3.8, 4) is 0 Å². The molecule has 1 heterocycles. The van der Waals surface area contributed by atoms with E-state index in [0.29, 0.717) is 0 Å². The summed E-state index contributed by atoms with van der Waals surface area (Å²) in [4.78, 5) is 4.56. The summed E-state index contributed by atoms with van der Waals surface area (Å²) in [6.45, 7) is 7.45. The fourth-order valence-corrected chi connectivity index (χ4v) is 2.89. The highest BCUT2D eigenvalue weighted by Crippen LogP contribution is 2.29. The van der Waals surface area contributed by atoms with Gasteiger partial charge in [-0.2, -0.15) is 0 Å². The standard InChI is InChI=1S/C17H21BrN2/c1-4-9-19-16(17-15(18)6-5-10-20-17)14-8-7-12(2)11-13(14)3/h5-8,10-11,16,19H,4,9H2,1-3H3. The van der Waals surface area contributed by atoms with Gasteiger partial charge in [-0.1, -0.05) is 30.7 Å². The molecular formula is C17H21BrN2. The van der Waals surface area contributed by atoms with E-state index in [1.165, 1.54) is 16.7 Å². The normalized spacial score (nSPS) is 12.4. The van der Waals surface area contributed by atoms with Crippen molar-refractivity contribution in [3.05, 3.63) is 63.4 Å². The Morgan fingerprint density at radius 2 is 2.05 bits per heavy atom. The Morgan fingerprint density at radius 1 is 1.25 bits per heavy atom. The highest BCUT2D eigenvalue weighted by molar-refractivity contribution is 9.10. The summed E-state index contributed by atoms with van der Waals surface area (Å²) in [5, 5.41) is 3.61. The molecule has 0 bridgehead atoms. The molecule has 1 atom stereocenters. The number of nitrogens with zero attached hydrogens (tertiary/aromatic N) is 1. The lowest BCUT2D eigenvalue weighted by Crippen LogP contribution is -2.25. The van der Waals surface area contributed by atoms with Gasteiger partial charge < -0.3 is 5.32 Å². The number of rotatable bonds is 5. The van der Waals surface area contributed by atoms with Gasteiger partial charge in [-0.25, -0.2) is 0 Å². The smallest absolute Gasteiger partial charge is 0.0765 e. The van der Waals surface area contributed by atoms with Gasteiger partial charge in [-0.3, -0.25) is 4.98 Å². The van der Waals surface area contributed by atoms with Crippen LogP contribution in [0.1, 0.15) is 41.8 Å². The summed E-state index contributed by atoms with van der Waals surface area (Å²) in [6, 6.07) is 10.7. The first-order valence-corrected chi connectivity index (χ1v) is 7.83. The van der Waals surface area contributed by atoms with E-state index in [2.05, 4.69) is 65.2 Å². The van der Waals surface area contributed by atoms with Crippen LogP contribution in [0, 0.1) is 13.8 Å². The molecule has 1 N–H and O–H groups in total. The maximum atomic E-state index is 4.56. The second-order valence-electron chi connectivity index (χ2n) is 5.12. The molecule has 0 saturated heterocycles. The van der Waals surface area contributed by atoms with E-state index >= 15 is 0 Å². The topological polar surface area (TPSA) is 24.9 Å². The summed E-state index contributed by atoms with van der Waals surface area (Å²) in [5.41, 5.74) is 4.94. The zero-order valence-corrected chi connectivity index (χ0v) is 13.9. The maximum Gasteiger partial charge on any atom is 0.0765 e. The molecule has 0 fully saturated rings. The van der Waals surface area contributed by atoms with Crippen LogP contribution in [-0.4, -0.2) is 11.5 Å². The van der Waals surface area contributed by atoms with Gasteiger partial charge >= 0.3 is 0 Å². The number of hydrogen-bond acceptors (Lipinski definition) is 2. The van der Waals surface area contributed by atoms with Crippen molar-refractivity contribution >= 4 is 15.9 Å². The van der Waals surface area contributed by atoms with Crippen LogP contribution < -0.4 is 5.32 Å². The van der Waals surface area contributed by atoms with Crippen LogP contribution in [0.3, 0.4) is 0 Å². The van der Waals surface area contributed by atoms with E-state index in [0.717, 1.165) is 23.1 Å². The van der Waals surface area contributed by atoms with E-state index in [1.807, 2.05) is 18.3 Å². The molecule has 0 radical (unpaired) electrons. The lowest BCUT2D eigenvalue weighted by Gasteiger charge is -2.22. The Labute approximate surface area is 129 Å². The van der Waals surface area contributed by atoms with Crippen LogP contribution >= 0.6 is 15.9 Å². The third kappa shape index (κ3) is 3.47. The van der Waals surface area contributed by atoms with Crippen molar-refractivity contribution < 1.29 is 0 Å². The monoisotopic (exact) mass is 332 g/mol. The molecule has 1 aromatic heterocycles. The van der Waals surface area contributed by atoms with Gasteiger partial charge in [0.1, 0.15) is 0 Å². The predicted molar refractivity (Wildman–Crippen MR) is 88.0 cm³/mol. The summed E-state index contributed by atoms with van der Waals surface area (Å²) in [6.07, 6.45) is 2.95. The van der Waals surface area contributed by atoms with Crippen molar-refractivity contribution in [2.75, 3.05) is 6.54 Å². The van der Waals surface area contributed by atoms with E-state index < -0.39 is 0 Å². The van der Waals surface area contributed by atoms with Crippen LogP contribution in [0.4, 0.5) is 0 Å². The maximum absolute atomic E-state index is 4.56. The van der Waals surface area contributed by atoms with Crippen molar-refractivity contribution in [1.29, 1.82) is 0 Å². The predicted octanol–water partition coefficient (Wildman–Crippen LogP) is 4.55. The number of nitrogens with one attached hydrogen (secondary N) is 1. The molecule has 0 aliphatic rings. The van der Waals surface area contributed by atoms with Gasteiger partial charge in [0, 0.05) is 10.7 Å². The molecule has 0 saturated carbocycles. The Bertz CT molecular complexity index is 581. The van der Waals surface area contributed by atoms with E-state index in [9.17, 15) is 0 Å². The van der Waals surface area contributed by atoms with E-state index in [-0.39, 0.29) is 6.04 Å². The van der Waals surface area contributed by atoms with E-state index in [4.69, 9.17) is 0 Å². The van der Waals surface area contributed by atoms with Crippen LogP contribution in [0.25, 0.3) is 0 Å². The molecule has 2 nitrogen and oxygen atoms in total. The second-order valence-corrected chi connectivity index (χ2v) is 5.97. The number of aromatic nitrogens is 1. The van der Waals surface area contributed by atoms with Gasteiger partial charge in [0.15, 0.2) is 0 Å².